The molecule has 0 atom stereocenters. The maximum atomic E-state index is 12.2. The summed E-state index contributed by atoms with van der Waals surface area (Å²) < 4.78 is 24.5. The fourth-order valence-electron chi connectivity index (χ4n) is 0.988. The number of aromatic nitrogens is 1. The average Bonchev–Trinajstić information content (AvgIpc) is 2.16. The second-order valence-corrected chi connectivity index (χ2v) is 2.82. The van der Waals surface area contributed by atoms with Crippen molar-refractivity contribution in [1.82, 2.24) is 4.98 Å². The molecule has 0 aliphatic rings. The summed E-state index contributed by atoms with van der Waals surface area (Å²) in [7, 11) is 0. The van der Waals surface area contributed by atoms with E-state index in [1.54, 1.807) is 0 Å². The molecule has 6 heteroatoms. The Balaban J connectivity index is 3.31. The van der Waals surface area contributed by atoms with Gasteiger partial charge in [-0.2, -0.15) is 0 Å². The Morgan fingerprint density at radius 3 is 2.71 bits per heavy atom. The Labute approximate surface area is 83.9 Å². The number of nitrogen functional groups attached to an aromatic ring is 1. The molecule has 0 amide bonds. The number of alkyl halides is 3. The van der Waals surface area contributed by atoms with Crippen molar-refractivity contribution < 1.29 is 13.6 Å². The van der Waals surface area contributed by atoms with Crippen LogP contribution in [0.2, 0.25) is 0 Å². The molecule has 1 rings (SSSR count). The Kier molecular flexibility index (Phi) is 3.35. The van der Waals surface area contributed by atoms with Crippen LogP contribution < -0.4 is 5.73 Å². The number of aldehydes is 1. The van der Waals surface area contributed by atoms with Gasteiger partial charge in [-0.15, -0.1) is 11.6 Å². The van der Waals surface area contributed by atoms with Gasteiger partial charge in [0.1, 0.15) is 11.4 Å². The van der Waals surface area contributed by atoms with E-state index in [2.05, 4.69) is 4.98 Å². The summed E-state index contributed by atoms with van der Waals surface area (Å²) in [6, 6.07) is 1.02. The fraction of sp³-hybridized carbons (Fsp3) is 0.250. The number of carbonyl (C=O) groups excluding carboxylic acids is 1. The molecule has 1 heterocycles. The minimum atomic E-state index is -2.75. The van der Waals surface area contributed by atoms with E-state index in [9.17, 15) is 13.6 Å². The Morgan fingerprint density at radius 1 is 1.64 bits per heavy atom. The first-order valence-electron chi connectivity index (χ1n) is 3.68. The lowest BCUT2D eigenvalue weighted by atomic mass is 10.1. The van der Waals surface area contributed by atoms with Crippen LogP contribution in [-0.2, 0) is 5.88 Å². The predicted molar refractivity (Wildman–Crippen MR) is 48.6 cm³/mol. The van der Waals surface area contributed by atoms with Crippen LogP contribution in [0.1, 0.15) is 28.2 Å². The first-order valence-corrected chi connectivity index (χ1v) is 4.22. The van der Waals surface area contributed by atoms with E-state index in [0.29, 0.717) is 6.29 Å². The van der Waals surface area contributed by atoms with Crippen LogP contribution in [0.15, 0.2) is 6.07 Å². The summed E-state index contributed by atoms with van der Waals surface area (Å²) in [6.45, 7) is 0. The number of hydrogen-bond donors (Lipinski definition) is 1. The number of anilines is 1. The molecule has 0 unspecified atom stereocenters. The van der Waals surface area contributed by atoms with E-state index in [4.69, 9.17) is 17.3 Å². The van der Waals surface area contributed by atoms with Crippen LogP contribution in [0.4, 0.5) is 14.5 Å². The fourth-order valence-corrected chi connectivity index (χ4v) is 1.28. The standard InChI is InChI=1S/C8H7ClF2N2O/c9-2-4-5(12)1-6(8(10)11)13-7(4)3-14/h1,3,8H,2H2,(H2,12,13). The summed E-state index contributed by atoms with van der Waals surface area (Å²) >= 11 is 5.48. The van der Waals surface area contributed by atoms with E-state index in [1.807, 2.05) is 0 Å². The van der Waals surface area contributed by atoms with Crippen LogP contribution in [0.3, 0.4) is 0 Å². The Morgan fingerprint density at radius 2 is 2.29 bits per heavy atom. The molecule has 14 heavy (non-hydrogen) atoms. The number of hydrogen-bond acceptors (Lipinski definition) is 3. The summed E-state index contributed by atoms with van der Waals surface area (Å²) in [6.07, 6.45) is -2.39. The zero-order valence-corrected chi connectivity index (χ0v) is 7.76. The molecule has 0 fully saturated rings. The SMILES string of the molecule is Nc1cc(C(F)F)nc(C=O)c1CCl. The highest BCUT2D eigenvalue weighted by molar-refractivity contribution is 6.17. The van der Waals surface area contributed by atoms with Gasteiger partial charge in [-0.25, -0.2) is 13.8 Å². The summed E-state index contributed by atoms with van der Waals surface area (Å²) in [5.74, 6) is -0.0313. The lowest BCUT2D eigenvalue weighted by Crippen LogP contribution is -2.04. The molecule has 3 nitrogen and oxygen atoms in total. The van der Waals surface area contributed by atoms with Crippen molar-refractivity contribution in [2.75, 3.05) is 5.73 Å². The topological polar surface area (TPSA) is 56.0 Å². The number of nitrogens with zero attached hydrogens (tertiary/aromatic N) is 1. The van der Waals surface area contributed by atoms with Gasteiger partial charge < -0.3 is 5.73 Å². The molecule has 1 aromatic rings. The van der Waals surface area contributed by atoms with Gasteiger partial charge in [0.2, 0.25) is 0 Å². The van der Waals surface area contributed by atoms with E-state index >= 15 is 0 Å². The van der Waals surface area contributed by atoms with Crippen molar-refractivity contribution in [2.45, 2.75) is 12.3 Å². The predicted octanol–water partition coefficient (Wildman–Crippen LogP) is 2.15. The molecule has 0 spiro atoms. The maximum absolute atomic E-state index is 12.2. The molecule has 0 bridgehead atoms. The second-order valence-electron chi connectivity index (χ2n) is 2.55. The van der Waals surface area contributed by atoms with Crippen molar-refractivity contribution in [3.63, 3.8) is 0 Å². The lowest BCUT2D eigenvalue weighted by molar-refractivity contribution is 0.111. The van der Waals surface area contributed by atoms with Gasteiger partial charge in [-0.1, -0.05) is 0 Å². The normalized spacial score (nSPS) is 10.6. The molecule has 0 aromatic carbocycles. The van der Waals surface area contributed by atoms with E-state index in [0.717, 1.165) is 6.07 Å². The third-order valence-electron chi connectivity index (χ3n) is 1.68. The number of carbonyl (C=O) groups is 1. The minimum absolute atomic E-state index is 0.0313. The van der Waals surface area contributed by atoms with Gasteiger partial charge >= 0.3 is 0 Å². The zero-order valence-electron chi connectivity index (χ0n) is 7.01. The molecule has 0 saturated carbocycles. The van der Waals surface area contributed by atoms with Gasteiger partial charge in [-0.3, -0.25) is 4.79 Å². The van der Waals surface area contributed by atoms with E-state index < -0.39 is 12.1 Å². The molecule has 2 N–H and O–H groups in total. The molecule has 0 radical (unpaired) electrons. The third kappa shape index (κ3) is 1.98. The highest BCUT2D eigenvalue weighted by Gasteiger charge is 2.15. The molecular weight excluding hydrogens is 214 g/mol. The van der Waals surface area contributed by atoms with Crippen molar-refractivity contribution in [1.29, 1.82) is 0 Å². The van der Waals surface area contributed by atoms with Gasteiger partial charge in [0.25, 0.3) is 6.43 Å². The smallest absolute Gasteiger partial charge is 0.280 e. The minimum Gasteiger partial charge on any atom is -0.398 e. The van der Waals surface area contributed by atoms with Crippen molar-refractivity contribution in [2.24, 2.45) is 0 Å². The Hall–Kier alpha value is -1.23. The number of rotatable bonds is 3. The summed E-state index contributed by atoms with van der Waals surface area (Å²) in [4.78, 5) is 13.9. The summed E-state index contributed by atoms with van der Waals surface area (Å²) in [5, 5.41) is 0. The molecule has 1 aromatic heterocycles. The number of nitrogens with two attached hydrogens (primary N) is 1. The largest absolute Gasteiger partial charge is 0.398 e. The Bertz CT molecular complexity index is 357. The number of pyridine rings is 1. The van der Waals surface area contributed by atoms with Crippen molar-refractivity contribution in [3.05, 3.63) is 23.0 Å². The van der Waals surface area contributed by atoms with E-state index in [1.165, 1.54) is 0 Å². The first-order chi connectivity index (χ1) is 6.60. The summed E-state index contributed by atoms with van der Waals surface area (Å²) in [5.41, 5.74) is 5.13. The molecule has 0 aliphatic heterocycles. The lowest BCUT2D eigenvalue weighted by Gasteiger charge is -2.07. The van der Waals surface area contributed by atoms with Crippen LogP contribution >= 0.6 is 11.6 Å². The van der Waals surface area contributed by atoms with Crippen LogP contribution in [0, 0.1) is 0 Å². The molecular formula is C8H7ClF2N2O. The quantitative estimate of drug-likeness (QED) is 0.627. The maximum Gasteiger partial charge on any atom is 0.280 e. The second kappa shape index (κ2) is 4.32. The molecule has 76 valence electrons. The average molecular weight is 221 g/mol. The molecule has 0 saturated heterocycles. The van der Waals surface area contributed by atoms with E-state index in [-0.39, 0.29) is 22.8 Å². The van der Waals surface area contributed by atoms with Crippen LogP contribution in [0.5, 0.6) is 0 Å². The first kappa shape index (κ1) is 10.8. The monoisotopic (exact) mass is 220 g/mol. The van der Waals surface area contributed by atoms with Gasteiger partial charge in [0.15, 0.2) is 6.29 Å². The van der Waals surface area contributed by atoms with Crippen LogP contribution in [-0.4, -0.2) is 11.3 Å². The third-order valence-corrected chi connectivity index (χ3v) is 1.95. The van der Waals surface area contributed by atoms with Crippen molar-refractivity contribution in [3.8, 4) is 0 Å². The van der Waals surface area contributed by atoms with Gasteiger partial charge in [-0.05, 0) is 6.07 Å². The zero-order chi connectivity index (χ0) is 10.7. The van der Waals surface area contributed by atoms with Crippen LogP contribution in [0.25, 0.3) is 0 Å². The van der Waals surface area contributed by atoms with Gasteiger partial charge in [0, 0.05) is 11.3 Å². The highest BCUT2D eigenvalue weighted by Crippen LogP contribution is 2.23. The van der Waals surface area contributed by atoms with Gasteiger partial charge in [0.05, 0.1) is 5.88 Å². The number of halogens is 3. The molecule has 0 aliphatic carbocycles. The highest BCUT2D eigenvalue weighted by atomic mass is 35.5. The van der Waals surface area contributed by atoms with Crippen molar-refractivity contribution >= 4 is 23.6 Å².